The highest BCUT2D eigenvalue weighted by Crippen LogP contribution is 2.47. The molecule has 5 aliphatic heterocycles. The number of nitrogens with zero attached hydrogens (tertiary/aromatic N) is 3. The quantitative estimate of drug-likeness (QED) is 0.530. The molecule has 0 spiro atoms. The topological polar surface area (TPSA) is 132 Å². The third kappa shape index (κ3) is 5.82. The summed E-state index contributed by atoms with van der Waals surface area (Å²) in [6.45, 7) is 15.3. The van der Waals surface area contributed by atoms with Crippen molar-refractivity contribution >= 4 is 12.0 Å². The summed E-state index contributed by atoms with van der Waals surface area (Å²) >= 11 is 0. The van der Waals surface area contributed by atoms with E-state index in [1.165, 1.54) is 0 Å². The third-order valence-corrected chi connectivity index (χ3v) is 8.65. The molecule has 0 radical (unpaired) electrons. The Kier molecular flexibility index (Phi) is 7.42. The van der Waals surface area contributed by atoms with Gasteiger partial charge in [-0.3, -0.25) is 4.79 Å². The van der Waals surface area contributed by atoms with E-state index < -0.39 is 35.7 Å². The maximum atomic E-state index is 13.1. The van der Waals surface area contributed by atoms with Gasteiger partial charge in [0.15, 0.2) is 18.2 Å². The maximum absolute atomic E-state index is 13.1. The summed E-state index contributed by atoms with van der Waals surface area (Å²) in [5, 5.41) is 12.9. The van der Waals surface area contributed by atoms with Crippen molar-refractivity contribution < 1.29 is 38.0 Å². The number of piperidine rings is 1. The monoisotopic (exact) mass is 564 g/mol. The number of fused-ring (bicyclic) bond motifs is 3. The van der Waals surface area contributed by atoms with Crippen molar-refractivity contribution in [2.75, 3.05) is 39.4 Å². The molecule has 0 aromatic rings. The molecule has 0 aromatic heterocycles. The van der Waals surface area contributed by atoms with Crippen LogP contribution >= 0.6 is 0 Å². The van der Waals surface area contributed by atoms with Crippen LogP contribution in [-0.4, -0.2) is 108 Å². The van der Waals surface area contributed by atoms with Crippen molar-refractivity contribution in [1.82, 2.24) is 15.1 Å². The first kappa shape index (κ1) is 29.5. The third-order valence-electron chi connectivity index (χ3n) is 8.65. The summed E-state index contributed by atoms with van der Waals surface area (Å²) < 4.78 is 36.3. The Labute approximate surface area is 236 Å². The molecule has 0 bridgehead atoms. The molecule has 12 heteroatoms. The molecule has 40 heavy (non-hydrogen) atoms. The highest BCUT2D eigenvalue weighted by Gasteiger charge is 2.66. The molecule has 5 atom stereocenters. The number of hydrogen-bond acceptors (Lipinski definition) is 10. The number of ether oxygens (including phenoxy) is 6. The van der Waals surface area contributed by atoms with E-state index >= 15 is 0 Å². The molecule has 5 rings (SSSR count). The van der Waals surface area contributed by atoms with Crippen LogP contribution in [-0.2, 0) is 33.2 Å². The normalized spacial score (nSPS) is 37.0. The van der Waals surface area contributed by atoms with E-state index in [-0.39, 0.29) is 48.8 Å². The first-order valence-corrected chi connectivity index (χ1v) is 14.3. The number of nitriles is 1. The second kappa shape index (κ2) is 10.1. The van der Waals surface area contributed by atoms with E-state index in [9.17, 15) is 14.9 Å². The van der Waals surface area contributed by atoms with Crippen LogP contribution < -0.4 is 5.32 Å². The molecule has 0 aromatic carbocycles. The number of likely N-dealkylation sites (tertiary alicyclic amines) is 2. The van der Waals surface area contributed by atoms with Crippen LogP contribution in [0, 0.1) is 16.7 Å². The van der Waals surface area contributed by atoms with Gasteiger partial charge >= 0.3 is 6.09 Å². The molecular weight excluding hydrogens is 520 g/mol. The van der Waals surface area contributed by atoms with Gasteiger partial charge in [0.1, 0.15) is 24.4 Å². The highest BCUT2D eigenvalue weighted by atomic mass is 16.9. The molecule has 224 valence electrons. The van der Waals surface area contributed by atoms with Gasteiger partial charge in [0, 0.05) is 25.2 Å². The van der Waals surface area contributed by atoms with E-state index in [0.29, 0.717) is 38.9 Å². The van der Waals surface area contributed by atoms with E-state index in [1.54, 1.807) is 23.6 Å². The summed E-state index contributed by atoms with van der Waals surface area (Å²) in [5.41, 5.74) is -0.371. The zero-order chi connectivity index (χ0) is 29.1. The Morgan fingerprint density at radius 3 is 2.40 bits per heavy atom. The molecule has 5 saturated heterocycles. The van der Waals surface area contributed by atoms with Gasteiger partial charge in [-0.15, -0.1) is 0 Å². The number of rotatable bonds is 5. The van der Waals surface area contributed by atoms with E-state index in [2.05, 4.69) is 32.2 Å². The van der Waals surface area contributed by atoms with E-state index in [4.69, 9.17) is 28.4 Å². The fourth-order valence-electron chi connectivity index (χ4n) is 6.60. The first-order valence-electron chi connectivity index (χ1n) is 14.3. The van der Waals surface area contributed by atoms with Gasteiger partial charge < -0.3 is 43.5 Å². The van der Waals surface area contributed by atoms with Crippen LogP contribution in [0.2, 0.25) is 0 Å². The van der Waals surface area contributed by atoms with Crippen molar-refractivity contribution in [2.24, 2.45) is 5.41 Å². The lowest BCUT2D eigenvalue weighted by Gasteiger charge is -2.42. The van der Waals surface area contributed by atoms with Crippen LogP contribution in [0.15, 0.2) is 0 Å². The van der Waals surface area contributed by atoms with Gasteiger partial charge in [0.2, 0.25) is 11.7 Å². The molecule has 0 saturated carbocycles. The number of carbonyl (C=O) groups excluding carboxylic acids is 2. The predicted molar refractivity (Wildman–Crippen MR) is 141 cm³/mol. The molecule has 5 fully saturated rings. The molecule has 0 unspecified atom stereocenters. The number of hydrogen-bond donors (Lipinski definition) is 1. The fraction of sp³-hybridized carbons (Fsp3) is 0.893. The summed E-state index contributed by atoms with van der Waals surface area (Å²) in [6, 6.07) is 1.88. The second-order valence-corrected chi connectivity index (χ2v) is 13.8. The molecule has 1 N–H and O–H groups in total. The van der Waals surface area contributed by atoms with E-state index in [1.807, 2.05) is 13.8 Å². The van der Waals surface area contributed by atoms with Gasteiger partial charge in [-0.1, -0.05) is 13.8 Å². The van der Waals surface area contributed by atoms with Crippen LogP contribution in [0.25, 0.3) is 0 Å². The van der Waals surface area contributed by atoms with Crippen LogP contribution in [0.1, 0.15) is 67.7 Å². The van der Waals surface area contributed by atoms with Crippen molar-refractivity contribution in [1.29, 1.82) is 5.26 Å². The minimum absolute atomic E-state index is 0.0600. The number of carbonyl (C=O) groups is 2. The summed E-state index contributed by atoms with van der Waals surface area (Å²) in [5.74, 6) is -3.08. The highest BCUT2D eigenvalue weighted by molar-refractivity contribution is 5.79. The Hall–Kier alpha value is -2.01. The van der Waals surface area contributed by atoms with Crippen molar-refractivity contribution in [3.63, 3.8) is 0 Å². The molecule has 5 heterocycles. The molecule has 12 nitrogen and oxygen atoms in total. The second-order valence-electron chi connectivity index (χ2n) is 13.8. The molecule has 5 aliphatic rings. The first-order chi connectivity index (χ1) is 18.6. The largest absolute Gasteiger partial charge is 0.444 e. The summed E-state index contributed by atoms with van der Waals surface area (Å²) in [7, 11) is 0. The Bertz CT molecular complexity index is 1050. The van der Waals surface area contributed by atoms with Gasteiger partial charge in [0.05, 0.1) is 19.2 Å². The SMILES string of the molecule is CC1(C)C[C@@H](C#N)N(C(=O)CNC2(C)CCN(C(=O)OC[C@@]34OC[C@H]5OC(C)(C)O[C@H]5[C@@H]3OC(C)(C)O4)CC2)C1. The number of nitrogens with one attached hydrogen (secondary N) is 1. The molecule has 2 amide bonds. The maximum Gasteiger partial charge on any atom is 0.409 e. The lowest BCUT2D eigenvalue weighted by molar-refractivity contribution is -0.294. The van der Waals surface area contributed by atoms with Gasteiger partial charge in [-0.05, 0) is 59.3 Å². The zero-order valence-corrected chi connectivity index (χ0v) is 24.8. The van der Waals surface area contributed by atoms with Gasteiger partial charge in [0.25, 0.3) is 0 Å². The van der Waals surface area contributed by atoms with E-state index in [0.717, 1.165) is 0 Å². The fourth-order valence-corrected chi connectivity index (χ4v) is 6.60. The summed E-state index contributed by atoms with van der Waals surface area (Å²) in [6.07, 6.45) is 0.208. The standard InChI is InChI=1S/C28H44N4O8/c1-24(2)12-18(13-29)32(16-24)20(33)14-30-27(7)8-10-31(11-9-27)23(34)35-17-28-22(39-26(5,6)40-28)21-19(15-36-28)37-25(3,4)38-21/h18-19,21-22,30H,8-12,14-17H2,1-7H3/t18-,19+,21+,22-,28-/m0/s1. The minimum Gasteiger partial charge on any atom is -0.444 e. The number of amides is 2. The van der Waals surface area contributed by atoms with Crippen molar-refractivity contribution in [3.05, 3.63) is 0 Å². The van der Waals surface area contributed by atoms with Gasteiger partial charge in [-0.25, -0.2) is 4.79 Å². The van der Waals surface area contributed by atoms with Gasteiger partial charge in [-0.2, -0.15) is 5.26 Å². The molecular formula is C28H44N4O8. The summed E-state index contributed by atoms with van der Waals surface area (Å²) in [4.78, 5) is 29.3. The smallest absolute Gasteiger partial charge is 0.409 e. The Balaban J connectivity index is 1.12. The minimum atomic E-state index is -1.29. The average molecular weight is 565 g/mol. The lowest BCUT2D eigenvalue weighted by atomic mass is 9.89. The molecule has 0 aliphatic carbocycles. The Morgan fingerprint density at radius 1 is 1.02 bits per heavy atom. The Morgan fingerprint density at radius 2 is 1.73 bits per heavy atom. The van der Waals surface area contributed by atoms with Crippen molar-refractivity contribution in [2.45, 2.75) is 115 Å². The van der Waals surface area contributed by atoms with Crippen LogP contribution in [0.4, 0.5) is 4.79 Å². The average Bonchev–Trinajstić information content (AvgIpc) is 3.47. The zero-order valence-electron chi connectivity index (χ0n) is 24.8. The van der Waals surface area contributed by atoms with Crippen LogP contribution in [0.5, 0.6) is 0 Å². The van der Waals surface area contributed by atoms with Crippen molar-refractivity contribution in [3.8, 4) is 6.07 Å². The lowest BCUT2D eigenvalue weighted by Crippen LogP contribution is -2.61. The van der Waals surface area contributed by atoms with Crippen LogP contribution in [0.3, 0.4) is 0 Å². The predicted octanol–water partition coefficient (Wildman–Crippen LogP) is 2.12.